The van der Waals surface area contributed by atoms with Crippen molar-refractivity contribution in [3.8, 4) is 0 Å². The molecule has 0 bridgehead atoms. The van der Waals surface area contributed by atoms with Crippen LogP contribution in [-0.4, -0.2) is 30.7 Å². The number of benzene rings is 2. The Morgan fingerprint density at radius 2 is 1.68 bits per heavy atom. The summed E-state index contributed by atoms with van der Waals surface area (Å²) >= 11 is 0. The van der Waals surface area contributed by atoms with Gasteiger partial charge in [0, 0.05) is 0 Å². The van der Waals surface area contributed by atoms with Crippen LogP contribution in [0, 0.1) is 5.82 Å². The van der Waals surface area contributed by atoms with E-state index in [0.29, 0.717) is 28.9 Å². The van der Waals surface area contributed by atoms with E-state index in [4.69, 9.17) is 4.74 Å². The molecule has 0 radical (unpaired) electrons. The lowest BCUT2D eigenvalue weighted by Crippen LogP contribution is -2.15. The highest BCUT2D eigenvalue weighted by molar-refractivity contribution is 7.92. The number of allylic oxidation sites excluding steroid dienone is 5. The number of halogens is 1. The van der Waals surface area contributed by atoms with Crippen molar-refractivity contribution in [2.24, 2.45) is 4.99 Å². The standard InChI is InChI=1S/C24H21FN4O4S/c1-2-15-33-24(30)16-7-11-18(12-8-16)26-22-23(28-21-6-4-3-5-20(21)27-22)29-34(31,32)19-13-9-17(25)10-14-19/h3-14,30H,2,15H2,1H3,(H,28,29)/p-1. The Bertz CT molecular complexity index is 1430. The van der Waals surface area contributed by atoms with Gasteiger partial charge in [-0.05, 0) is 67.2 Å². The van der Waals surface area contributed by atoms with Crippen LogP contribution >= 0.6 is 0 Å². The summed E-state index contributed by atoms with van der Waals surface area (Å²) in [4.78, 5) is 13.1. The molecule has 3 aromatic rings. The van der Waals surface area contributed by atoms with Gasteiger partial charge < -0.3 is 9.84 Å². The van der Waals surface area contributed by atoms with Gasteiger partial charge >= 0.3 is 0 Å². The Morgan fingerprint density at radius 1 is 1.03 bits per heavy atom. The molecule has 1 N–H and O–H groups in total. The van der Waals surface area contributed by atoms with E-state index in [1.807, 2.05) is 6.92 Å². The van der Waals surface area contributed by atoms with Crippen molar-refractivity contribution in [3.05, 3.63) is 90.2 Å². The smallest absolute Gasteiger partial charge is 0.263 e. The SMILES string of the molecule is CCCOC([O-])=C1C=CC(=Nc2nc3ccccc3nc2NS(=O)(=O)c2ccc(F)cc2)C=C1. The van der Waals surface area contributed by atoms with Crippen LogP contribution in [0.3, 0.4) is 0 Å². The highest BCUT2D eigenvalue weighted by atomic mass is 32.2. The van der Waals surface area contributed by atoms with E-state index in [1.54, 1.807) is 48.6 Å². The normalized spacial score (nSPS) is 13.2. The van der Waals surface area contributed by atoms with Gasteiger partial charge in [0.15, 0.2) is 11.6 Å². The molecule has 0 atom stereocenters. The first-order valence-electron chi connectivity index (χ1n) is 10.4. The van der Waals surface area contributed by atoms with Crippen molar-refractivity contribution >= 4 is 38.4 Å². The van der Waals surface area contributed by atoms with E-state index in [2.05, 4.69) is 19.7 Å². The predicted molar refractivity (Wildman–Crippen MR) is 125 cm³/mol. The van der Waals surface area contributed by atoms with Gasteiger partial charge in [0.1, 0.15) is 5.82 Å². The van der Waals surface area contributed by atoms with Crippen LogP contribution in [0.2, 0.25) is 0 Å². The van der Waals surface area contributed by atoms with Gasteiger partial charge in [0.25, 0.3) is 10.0 Å². The lowest BCUT2D eigenvalue weighted by Gasteiger charge is -2.17. The van der Waals surface area contributed by atoms with Gasteiger partial charge in [0.05, 0.1) is 27.6 Å². The Labute approximate surface area is 195 Å². The first-order chi connectivity index (χ1) is 16.4. The first kappa shape index (κ1) is 23.1. The van der Waals surface area contributed by atoms with E-state index in [9.17, 15) is 17.9 Å². The summed E-state index contributed by atoms with van der Waals surface area (Å²) in [5.41, 5.74) is 1.78. The van der Waals surface area contributed by atoms with Crippen LogP contribution in [0.4, 0.5) is 16.0 Å². The number of anilines is 1. The fourth-order valence-corrected chi connectivity index (χ4v) is 4.01. The molecule has 4 rings (SSSR count). The van der Waals surface area contributed by atoms with Crippen molar-refractivity contribution in [1.29, 1.82) is 0 Å². The Morgan fingerprint density at radius 3 is 2.32 bits per heavy atom. The lowest BCUT2D eigenvalue weighted by atomic mass is 10.1. The average Bonchev–Trinajstić information content (AvgIpc) is 2.83. The predicted octanol–water partition coefficient (Wildman–Crippen LogP) is 3.77. The molecule has 0 unspecified atom stereocenters. The minimum Gasteiger partial charge on any atom is -0.613 e. The molecule has 0 fully saturated rings. The van der Waals surface area contributed by atoms with E-state index in [-0.39, 0.29) is 16.5 Å². The number of fused-ring (bicyclic) bond motifs is 1. The minimum absolute atomic E-state index is 0.0331. The zero-order chi connectivity index (χ0) is 24.1. The number of sulfonamides is 1. The third-order valence-electron chi connectivity index (χ3n) is 4.68. The van der Waals surface area contributed by atoms with Crippen LogP contribution in [0.1, 0.15) is 13.3 Å². The molecule has 174 valence electrons. The molecule has 0 spiro atoms. The Kier molecular flexibility index (Phi) is 6.69. The average molecular weight is 480 g/mol. The second kappa shape index (κ2) is 9.84. The van der Waals surface area contributed by atoms with Crippen molar-refractivity contribution in [3.63, 3.8) is 0 Å². The number of aliphatic imine (C=N–C) groups is 1. The summed E-state index contributed by atoms with van der Waals surface area (Å²) in [6.45, 7) is 2.23. The number of aromatic nitrogens is 2. The van der Waals surface area contributed by atoms with Crippen LogP contribution in [0.25, 0.3) is 11.0 Å². The number of para-hydroxylation sites is 2. The molecule has 34 heavy (non-hydrogen) atoms. The number of hydrogen-bond donors (Lipinski definition) is 1. The largest absolute Gasteiger partial charge is 0.613 e. The summed E-state index contributed by atoms with van der Waals surface area (Å²) in [5, 5.41) is 12.0. The fraction of sp³-hybridized carbons (Fsp3) is 0.125. The molecule has 10 heteroatoms. The number of nitrogens with one attached hydrogen (secondary N) is 1. The molecule has 0 amide bonds. The van der Waals surface area contributed by atoms with E-state index in [0.717, 1.165) is 30.7 Å². The van der Waals surface area contributed by atoms with Gasteiger partial charge in [-0.25, -0.2) is 27.8 Å². The van der Waals surface area contributed by atoms with Gasteiger partial charge in [-0.2, -0.15) is 0 Å². The third-order valence-corrected chi connectivity index (χ3v) is 6.04. The molecule has 2 aromatic carbocycles. The van der Waals surface area contributed by atoms with Gasteiger partial charge in [-0.1, -0.05) is 31.2 Å². The number of hydrogen-bond acceptors (Lipinski definition) is 7. The fourth-order valence-electron chi connectivity index (χ4n) is 3.01. The molecule has 1 aliphatic carbocycles. The van der Waals surface area contributed by atoms with Crippen molar-refractivity contribution in [2.75, 3.05) is 11.3 Å². The molecule has 1 aromatic heterocycles. The van der Waals surface area contributed by atoms with Gasteiger partial charge in [0.2, 0.25) is 0 Å². The van der Waals surface area contributed by atoms with Crippen LogP contribution in [-0.2, 0) is 14.8 Å². The quantitative estimate of drug-likeness (QED) is 0.516. The molecule has 1 heterocycles. The van der Waals surface area contributed by atoms with Crippen molar-refractivity contribution in [2.45, 2.75) is 18.2 Å². The van der Waals surface area contributed by atoms with Crippen LogP contribution in [0.5, 0.6) is 0 Å². The topological polar surface area (TPSA) is 117 Å². The zero-order valence-electron chi connectivity index (χ0n) is 18.1. The summed E-state index contributed by atoms with van der Waals surface area (Å²) < 4.78 is 46.5. The Balaban J connectivity index is 1.71. The number of rotatable bonds is 7. The monoisotopic (exact) mass is 479 g/mol. The van der Waals surface area contributed by atoms with Crippen molar-refractivity contribution < 1.29 is 22.7 Å². The zero-order valence-corrected chi connectivity index (χ0v) is 18.9. The molecular formula is C24H20FN4O4S-. The Hall–Kier alpha value is -4.05. The van der Waals surface area contributed by atoms with E-state index >= 15 is 0 Å². The van der Waals surface area contributed by atoms with E-state index < -0.39 is 21.8 Å². The number of nitrogens with zero attached hydrogens (tertiary/aromatic N) is 3. The van der Waals surface area contributed by atoms with Crippen LogP contribution in [0.15, 0.2) is 94.2 Å². The second-order valence-electron chi connectivity index (χ2n) is 7.24. The maximum atomic E-state index is 13.2. The molecule has 0 saturated heterocycles. The first-order valence-corrected chi connectivity index (χ1v) is 11.9. The summed E-state index contributed by atoms with van der Waals surface area (Å²) in [7, 11) is -4.08. The summed E-state index contributed by atoms with van der Waals surface area (Å²) in [6.07, 6.45) is 7.03. The highest BCUT2D eigenvalue weighted by Crippen LogP contribution is 2.27. The second-order valence-corrected chi connectivity index (χ2v) is 8.92. The molecule has 0 saturated carbocycles. The number of ether oxygens (including phenoxy) is 1. The van der Waals surface area contributed by atoms with Crippen LogP contribution < -0.4 is 9.83 Å². The molecule has 1 aliphatic rings. The lowest BCUT2D eigenvalue weighted by molar-refractivity contribution is -0.358. The molecular weight excluding hydrogens is 459 g/mol. The minimum atomic E-state index is -4.08. The maximum absolute atomic E-state index is 13.2. The van der Waals surface area contributed by atoms with Gasteiger partial charge in [-0.15, -0.1) is 0 Å². The van der Waals surface area contributed by atoms with E-state index in [1.165, 1.54) is 0 Å². The third kappa shape index (κ3) is 5.29. The van der Waals surface area contributed by atoms with Gasteiger partial charge in [-0.3, -0.25) is 4.72 Å². The molecule has 8 nitrogen and oxygen atoms in total. The molecule has 0 aliphatic heterocycles. The summed E-state index contributed by atoms with van der Waals surface area (Å²) in [5.74, 6) is -1.05. The maximum Gasteiger partial charge on any atom is 0.263 e. The highest BCUT2D eigenvalue weighted by Gasteiger charge is 2.19. The summed E-state index contributed by atoms with van der Waals surface area (Å²) in [6, 6.07) is 11.4. The van der Waals surface area contributed by atoms with Crippen molar-refractivity contribution in [1.82, 2.24) is 9.97 Å².